The Balaban J connectivity index is 1.43. The van der Waals surface area contributed by atoms with E-state index in [1.54, 1.807) is 6.07 Å². The second-order valence-electron chi connectivity index (χ2n) is 7.98. The van der Waals surface area contributed by atoms with Gasteiger partial charge in [0, 0.05) is 38.3 Å². The standard InChI is InChI=1S/C25H25N3O5S/c26-24(29)20-8-4-10-22(16-20)33-25(30)21-9-5-11-23(17-21)34(31,32)28-14-12-27(13-15-28)18-19-6-2-1-3-7-19/h1-11,16-17H,12-15,18H2,(H2,26,29). The van der Waals surface area contributed by atoms with Gasteiger partial charge >= 0.3 is 5.97 Å². The van der Waals surface area contributed by atoms with E-state index >= 15 is 0 Å². The minimum atomic E-state index is -3.77. The lowest BCUT2D eigenvalue weighted by molar-refractivity contribution is 0.0733. The Morgan fingerprint density at radius 1 is 0.824 bits per heavy atom. The maximum absolute atomic E-state index is 13.2. The number of hydrogen-bond acceptors (Lipinski definition) is 6. The molecule has 3 aromatic carbocycles. The van der Waals surface area contributed by atoms with Crippen LogP contribution in [0.4, 0.5) is 0 Å². The predicted octanol–water partition coefficient (Wildman–Crippen LogP) is 2.51. The van der Waals surface area contributed by atoms with Crippen LogP contribution in [0.1, 0.15) is 26.3 Å². The van der Waals surface area contributed by atoms with Crippen LogP contribution in [0, 0.1) is 0 Å². The summed E-state index contributed by atoms with van der Waals surface area (Å²) >= 11 is 0. The van der Waals surface area contributed by atoms with Gasteiger partial charge in [-0.05, 0) is 42.0 Å². The number of sulfonamides is 1. The third kappa shape index (κ3) is 5.51. The molecule has 8 nitrogen and oxygen atoms in total. The summed E-state index contributed by atoms with van der Waals surface area (Å²) in [5.74, 6) is -1.23. The Labute approximate surface area is 198 Å². The van der Waals surface area contributed by atoms with Gasteiger partial charge in [-0.1, -0.05) is 42.5 Å². The van der Waals surface area contributed by atoms with Gasteiger partial charge in [-0.15, -0.1) is 0 Å². The fourth-order valence-corrected chi connectivity index (χ4v) is 5.25. The molecule has 1 heterocycles. The SMILES string of the molecule is NC(=O)c1cccc(OC(=O)c2cccc(S(=O)(=O)N3CCN(Cc4ccccc4)CC3)c2)c1. The third-order valence-electron chi connectivity index (χ3n) is 5.62. The first-order chi connectivity index (χ1) is 16.3. The van der Waals surface area contributed by atoms with Crippen molar-refractivity contribution in [1.82, 2.24) is 9.21 Å². The normalized spacial score (nSPS) is 15.1. The molecule has 0 spiro atoms. The van der Waals surface area contributed by atoms with Gasteiger partial charge in [-0.25, -0.2) is 13.2 Å². The summed E-state index contributed by atoms with van der Waals surface area (Å²) < 4.78 is 33.2. The smallest absolute Gasteiger partial charge is 0.343 e. The maximum Gasteiger partial charge on any atom is 0.343 e. The van der Waals surface area contributed by atoms with Crippen LogP contribution in [0.15, 0.2) is 83.8 Å². The molecule has 0 bridgehead atoms. The van der Waals surface area contributed by atoms with Crippen LogP contribution in [-0.4, -0.2) is 55.7 Å². The van der Waals surface area contributed by atoms with Crippen LogP contribution in [0.2, 0.25) is 0 Å². The zero-order valence-electron chi connectivity index (χ0n) is 18.5. The Kier molecular flexibility index (Phi) is 7.06. The van der Waals surface area contributed by atoms with Crippen LogP contribution in [-0.2, 0) is 16.6 Å². The largest absolute Gasteiger partial charge is 0.423 e. The summed E-state index contributed by atoms with van der Waals surface area (Å²) in [6, 6.07) is 21.7. The first kappa shape index (κ1) is 23.6. The van der Waals surface area contributed by atoms with Gasteiger partial charge < -0.3 is 10.5 Å². The fourth-order valence-electron chi connectivity index (χ4n) is 3.78. The van der Waals surface area contributed by atoms with E-state index in [2.05, 4.69) is 17.0 Å². The molecule has 3 aromatic rings. The van der Waals surface area contributed by atoms with Gasteiger partial charge in [-0.2, -0.15) is 4.31 Å². The number of primary amides is 1. The Hall–Kier alpha value is -3.53. The minimum Gasteiger partial charge on any atom is -0.423 e. The number of hydrogen-bond donors (Lipinski definition) is 1. The van der Waals surface area contributed by atoms with Crippen molar-refractivity contribution in [2.45, 2.75) is 11.4 Å². The number of benzene rings is 3. The van der Waals surface area contributed by atoms with E-state index < -0.39 is 21.9 Å². The van der Waals surface area contributed by atoms with Crippen molar-refractivity contribution in [3.05, 3.63) is 95.6 Å². The zero-order chi connectivity index (χ0) is 24.1. The predicted molar refractivity (Wildman–Crippen MR) is 127 cm³/mol. The van der Waals surface area contributed by atoms with Crippen molar-refractivity contribution in [3.63, 3.8) is 0 Å². The summed E-state index contributed by atoms with van der Waals surface area (Å²) in [6.45, 7) is 2.73. The minimum absolute atomic E-state index is 0.0318. The van der Waals surface area contributed by atoms with E-state index in [0.717, 1.165) is 6.54 Å². The molecule has 1 fully saturated rings. The first-order valence-corrected chi connectivity index (χ1v) is 12.3. The molecule has 34 heavy (non-hydrogen) atoms. The molecule has 0 unspecified atom stereocenters. The topological polar surface area (TPSA) is 110 Å². The summed E-state index contributed by atoms with van der Waals surface area (Å²) in [7, 11) is -3.77. The van der Waals surface area contributed by atoms with Crippen LogP contribution in [0.3, 0.4) is 0 Å². The molecule has 4 rings (SSSR count). The Bertz CT molecular complexity index is 1290. The zero-order valence-corrected chi connectivity index (χ0v) is 19.3. The van der Waals surface area contributed by atoms with Gasteiger partial charge in [0.15, 0.2) is 0 Å². The van der Waals surface area contributed by atoms with Crippen LogP contribution in [0.5, 0.6) is 5.75 Å². The van der Waals surface area contributed by atoms with Crippen molar-refractivity contribution in [3.8, 4) is 5.75 Å². The van der Waals surface area contributed by atoms with Gasteiger partial charge in [0.25, 0.3) is 0 Å². The van der Waals surface area contributed by atoms with Crippen LogP contribution in [0.25, 0.3) is 0 Å². The lowest BCUT2D eigenvalue weighted by atomic mass is 10.2. The van der Waals surface area contributed by atoms with Gasteiger partial charge in [0.1, 0.15) is 5.75 Å². The lowest BCUT2D eigenvalue weighted by Crippen LogP contribution is -2.48. The summed E-state index contributed by atoms with van der Waals surface area (Å²) in [5.41, 5.74) is 6.74. The number of esters is 1. The van der Waals surface area contributed by atoms with Crippen LogP contribution < -0.4 is 10.5 Å². The monoisotopic (exact) mass is 479 g/mol. The first-order valence-electron chi connectivity index (χ1n) is 10.8. The molecule has 0 radical (unpaired) electrons. The van der Waals surface area contributed by atoms with Crippen molar-refractivity contribution in [2.75, 3.05) is 26.2 Å². The third-order valence-corrected chi connectivity index (χ3v) is 7.51. The molecule has 0 atom stereocenters. The highest BCUT2D eigenvalue weighted by molar-refractivity contribution is 7.89. The quantitative estimate of drug-likeness (QED) is 0.412. The van der Waals surface area contributed by atoms with E-state index in [0.29, 0.717) is 26.2 Å². The highest BCUT2D eigenvalue weighted by atomic mass is 32.2. The van der Waals surface area contributed by atoms with E-state index in [4.69, 9.17) is 10.5 Å². The molecule has 2 N–H and O–H groups in total. The summed E-state index contributed by atoms with van der Waals surface area (Å²) in [4.78, 5) is 26.2. The van der Waals surface area contributed by atoms with E-state index in [1.165, 1.54) is 52.3 Å². The van der Waals surface area contributed by atoms with E-state index in [-0.39, 0.29) is 21.8 Å². The van der Waals surface area contributed by atoms with Gasteiger partial charge in [0.2, 0.25) is 15.9 Å². The van der Waals surface area contributed by atoms with Crippen molar-refractivity contribution in [2.24, 2.45) is 5.73 Å². The number of carbonyl (C=O) groups is 2. The lowest BCUT2D eigenvalue weighted by Gasteiger charge is -2.34. The Morgan fingerprint density at radius 2 is 1.50 bits per heavy atom. The number of ether oxygens (including phenoxy) is 1. The maximum atomic E-state index is 13.2. The molecule has 0 saturated carbocycles. The van der Waals surface area contributed by atoms with E-state index in [9.17, 15) is 18.0 Å². The second-order valence-corrected chi connectivity index (χ2v) is 9.91. The molecule has 1 aliphatic heterocycles. The average Bonchev–Trinajstić information content (AvgIpc) is 2.85. The number of nitrogens with two attached hydrogens (primary N) is 1. The molecule has 176 valence electrons. The van der Waals surface area contributed by atoms with Crippen molar-refractivity contribution in [1.29, 1.82) is 0 Å². The number of rotatable bonds is 7. The van der Waals surface area contributed by atoms with Crippen LogP contribution >= 0.6 is 0 Å². The number of piperazine rings is 1. The molecule has 0 aliphatic carbocycles. The molecule has 0 aromatic heterocycles. The summed E-state index contributed by atoms with van der Waals surface area (Å²) in [5, 5.41) is 0. The number of nitrogens with zero attached hydrogens (tertiary/aromatic N) is 2. The highest BCUT2D eigenvalue weighted by Crippen LogP contribution is 2.21. The van der Waals surface area contributed by atoms with Gasteiger partial charge in [0.05, 0.1) is 10.5 Å². The Morgan fingerprint density at radius 3 is 2.21 bits per heavy atom. The van der Waals surface area contributed by atoms with Crippen molar-refractivity contribution >= 4 is 21.9 Å². The summed E-state index contributed by atoms with van der Waals surface area (Å²) in [6.07, 6.45) is 0. The second kappa shape index (κ2) is 10.2. The molecule has 1 saturated heterocycles. The molecular weight excluding hydrogens is 454 g/mol. The highest BCUT2D eigenvalue weighted by Gasteiger charge is 2.29. The molecule has 9 heteroatoms. The van der Waals surface area contributed by atoms with Crippen molar-refractivity contribution < 1.29 is 22.7 Å². The molecule has 1 aliphatic rings. The fraction of sp³-hybridized carbons (Fsp3) is 0.200. The van der Waals surface area contributed by atoms with Gasteiger partial charge in [-0.3, -0.25) is 9.69 Å². The van der Waals surface area contributed by atoms with E-state index in [1.807, 2.05) is 18.2 Å². The molecule has 1 amide bonds. The number of amides is 1. The number of carbonyl (C=O) groups excluding carboxylic acids is 2. The average molecular weight is 480 g/mol. The molecular formula is C25H25N3O5S.